The van der Waals surface area contributed by atoms with Gasteiger partial charge in [-0.05, 0) is 31.0 Å². The third-order valence-corrected chi connectivity index (χ3v) is 3.37. The first-order chi connectivity index (χ1) is 8.54. The van der Waals surface area contributed by atoms with Gasteiger partial charge in [-0.2, -0.15) is 0 Å². The molecule has 1 aromatic carbocycles. The summed E-state index contributed by atoms with van der Waals surface area (Å²) in [6.45, 7) is 4.07. The van der Waals surface area contributed by atoms with Gasteiger partial charge in [-0.1, -0.05) is 6.92 Å². The molecule has 0 bridgehead atoms. The standard InChI is InChI=1S/C13H16N2O3/c1-8(6-16)9(2)15-7-14-11-5-10(13(17)18)3-4-12(11)15/h3-5,7-9,16H,6H2,1-2H3,(H,17,18). The summed E-state index contributed by atoms with van der Waals surface area (Å²) in [5, 5.41) is 18.1. The Balaban J connectivity index is 2.46. The van der Waals surface area contributed by atoms with E-state index in [1.54, 1.807) is 24.5 Å². The number of hydrogen-bond donors (Lipinski definition) is 2. The number of rotatable bonds is 4. The molecule has 2 aromatic rings. The Morgan fingerprint density at radius 1 is 1.44 bits per heavy atom. The number of aliphatic hydroxyl groups excluding tert-OH is 1. The number of hydrogen-bond acceptors (Lipinski definition) is 3. The van der Waals surface area contributed by atoms with E-state index in [2.05, 4.69) is 4.98 Å². The highest BCUT2D eigenvalue weighted by molar-refractivity contribution is 5.92. The minimum absolute atomic E-state index is 0.105. The van der Waals surface area contributed by atoms with Crippen LogP contribution in [0.4, 0.5) is 0 Å². The third kappa shape index (κ3) is 2.09. The summed E-state index contributed by atoms with van der Waals surface area (Å²) < 4.78 is 1.96. The minimum atomic E-state index is -0.955. The fourth-order valence-corrected chi connectivity index (χ4v) is 1.92. The molecule has 18 heavy (non-hydrogen) atoms. The summed E-state index contributed by atoms with van der Waals surface area (Å²) in [7, 11) is 0. The molecule has 2 atom stereocenters. The zero-order valence-corrected chi connectivity index (χ0v) is 10.4. The quantitative estimate of drug-likeness (QED) is 0.866. The fraction of sp³-hybridized carbons (Fsp3) is 0.385. The molecule has 0 aliphatic carbocycles. The molecule has 2 rings (SSSR count). The van der Waals surface area contributed by atoms with Crippen molar-refractivity contribution in [2.24, 2.45) is 5.92 Å². The van der Waals surface area contributed by atoms with Crippen LogP contribution in [0.15, 0.2) is 24.5 Å². The second-order valence-electron chi connectivity index (χ2n) is 4.56. The molecule has 0 saturated carbocycles. The topological polar surface area (TPSA) is 75.3 Å². The largest absolute Gasteiger partial charge is 0.478 e. The first-order valence-electron chi connectivity index (χ1n) is 5.85. The maximum absolute atomic E-state index is 10.9. The average molecular weight is 248 g/mol. The van der Waals surface area contributed by atoms with E-state index in [1.165, 1.54) is 0 Å². The maximum atomic E-state index is 10.9. The highest BCUT2D eigenvalue weighted by Crippen LogP contribution is 2.23. The van der Waals surface area contributed by atoms with Crippen molar-refractivity contribution < 1.29 is 15.0 Å². The highest BCUT2D eigenvalue weighted by Gasteiger charge is 2.16. The Kier molecular flexibility index (Phi) is 3.34. The second-order valence-corrected chi connectivity index (χ2v) is 4.56. The summed E-state index contributed by atoms with van der Waals surface area (Å²) in [5.41, 5.74) is 1.77. The molecule has 5 heteroatoms. The molecule has 0 saturated heterocycles. The van der Waals surface area contributed by atoms with Crippen molar-refractivity contribution in [2.75, 3.05) is 6.61 Å². The van der Waals surface area contributed by atoms with Crippen LogP contribution in [0.2, 0.25) is 0 Å². The van der Waals surface area contributed by atoms with Gasteiger partial charge in [0.2, 0.25) is 0 Å². The Hall–Kier alpha value is -1.88. The summed E-state index contributed by atoms with van der Waals surface area (Å²) in [6, 6.07) is 4.99. The molecule has 0 amide bonds. The van der Waals surface area contributed by atoms with E-state index in [0.29, 0.717) is 5.52 Å². The molecule has 0 radical (unpaired) electrons. The van der Waals surface area contributed by atoms with Gasteiger partial charge in [-0.3, -0.25) is 0 Å². The third-order valence-electron chi connectivity index (χ3n) is 3.37. The van der Waals surface area contributed by atoms with Crippen molar-refractivity contribution in [2.45, 2.75) is 19.9 Å². The van der Waals surface area contributed by atoms with Crippen LogP contribution in [0.1, 0.15) is 30.2 Å². The first kappa shape index (κ1) is 12.6. The van der Waals surface area contributed by atoms with Gasteiger partial charge in [0.1, 0.15) is 0 Å². The minimum Gasteiger partial charge on any atom is -0.478 e. The number of aromatic nitrogens is 2. The summed E-state index contributed by atoms with van der Waals surface area (Å²) in [4.78, 5) is 15.1. The highest BCUT2D eigenvalue weighted by atomic mass is 16.4. The molecule has 0 fully saturated rings. The van der Waals surface area contributed by atoms with E-state index in [1.807, 2.05) is 18.4 Å². The van der Waals surface area contributed by atoms with Gasteiger partial charge in [0.05, 0.1) is 22.9 Å². The Labute approximate surface area is 105 Å². The molecule has 1 heterocycles. The number of nitrogens with zero attached hydrogens (tertiary/aromatic N) is 2. The average Bonchev–Trinajstić information content (AvgIpc) is 2.79. The van der Waals surface area contributed by atoms with E-state index in [9.17, 15) is 9.90 Å². The van der Waals surface area contributed by atoms with Gasteiger partial charge in [0, 0.05) is 12.6 Å². The van der Waals surface area contributed by atoms with Gasteiger partial charge in [0.25, 0.3) is 0 Å². The van der Waals surface area contributed by atoms with Crippen LogP contribution in [-0.2, 0) is 0 Å². The predicted molar refractivity (Wildman–Crippen MR) is 67.7 cm³/mol. The van der Waals surface area contributed by atoms with Crippen LogP contribution in [0, 0.1) is 5.92 Å². The van der Waals surface area contributed by atoms with E-state index in [0.717, 1.165) is 5.52 Å². The van der Waals surface area contributed by atoms with E-state index >= 15 is 0 Å². The van der Waals surface area contributed by atoms with Crippen molar-refractivity contribution >= 4 is 17.0 Å². The van der Waals surface area contributed by atoms with Gasteiger partial charge in [0.15, 0.2) is 0 Å². The number of fused-ring (bicyclic) bond motifs is 1. The number of carboxylic acids is 1. The zero-order chi connectivity index (χ0) is 13.3. The number of benzene rings is 1. The number of aliphatic hydroxyl groups is 1. The lowest BCUT2D eigenvalue weighted by Crippen LogP contribution is -2.16. The van der Waals surface area contributed by atoms with Crippen LogP contribution >= 0.6 is 0 Å². The van der Waals surface area contributed by atoms with Crippen molar-refractivity contribution in [3.05, 3.63) is 30.1 Å². The van der Waals surface area contributed by atoms with Gasteiger partial charge < -0.3 is 14.8 Å². The fourth-order valence-electron chi connectivity index (χ4n) is 1.92. The van der Waals surface area contributed by atoms with Crippen LogP contribution in [-0.4, -0.2) is 32.3 Å². The molecular weight excluding hydrogens is 232 g/mol. The first-order valence-corrected chi connectivity index (χ1v) is 5.85. The van der Waals surface area contributed by atoms with E-state index in [4.69, 9.17) is 5.11 Å². The van der Waals surface area contributed by atoms with Crippen LogP contribution < -0.4 is 0 Å². The van der Waals surface area contributed by atoms with Crippen LogP contribution in [0.3, 0.4) is 0 Å². The molecular formula is C13H16N2O3. The molecule has 0 spiro atoms. The monoisotopic (exact) mass is 248 g/mol. The van der Waals surface area contributed by atoms with E-state index in [-0.39, 0.29) is 24.1 Å². The molecule has 5 nitrogen and oxygen atoms in total. The summed E-state index contributed by atoms with van der Waals surface area (Å²) >= 11 is 0. The SMILES string of the molecule is CC(CO)C(C)n1cnc2cc(C(=O)O)ccc21. The Bertz CT molecular complexity index is 577. The number of carbonyl (C=O) groups is 1. The lowest BCUT2D eigenvalue weighted by molar-refractivity contribution is 0.0697. The number of carboxylic acid groups (broad SMARTS) is 1. The normalized spacial score (nSPS) is 14.6. The number of imidazole rings is 1. The van der Waals surface area contributed by atoms with Crippen molar-refractivity contribution in [3.63, 3.8) is 0 Å². The molecule has 2 unspecified atom stereocenters. The van der Waals surface area contributed by atoms with Crippen LogP contribution in [0.25, 0.3) is 11.0 Å². The van der Waals surface area contributed by atoms with Crippen molar-refractivity contribution in [1.82, 2.24) is 9.55 Å². The Morgan fingerprint density at radius 3 is 2.78 bits per heavy atom. The van der Waals surface area contributed by atoms with Gasteiger partial charge >= 0.3 is 5.97 Å². The molecule has 0 aliphatic rings. The van der Waals surface area contributed by atoms with Crippen LogP contribution in [0.5, 0.6) is 0 Å². The summed E-state index contributed by atoms with van der Waals surface area (Å²) in [6.07, 6.45) is 1.69. The van der Waals surface area contributed by atoms with Gasteiger partial charge in [-0.25, -0.2) is 9.78 Å². The summed E-state index contributed by atoms with van der Waals surface area (Å²) in [5.74, 6) is -0.843. The lowest BCUT2D eigenvalue weighted by Gasteiger charge is -2.20. The van der Waals surface area contributed by atoms with Crippen molar-refractivity contribution in [3.8, 4) is 0 Å². The second kappa shape index (κ2) is 4.78. The molecule has 0 aliphatic heterocycles. The Morgan fingerprint density at radius 2 is 2.17 bits per heavy atom. The molecule has 96 valence electrons. The molecule has 1 aromatic heterocycles. The van der Waals surface area contributed by atoms with E-state index < -0.39 is 5.97 Å². The number of aromatic carboxylic acids is 1. The lowest BCUT2D eigenvalue weighted by atomic mass is 10.0. The molecule has 2 N–H and O–H groups in total. The van der Waals surface area contributed by atoms with Gasteiger partial charge in [-0.15, -0.1) is 0 Å². The maximum Gasteiger partial charge on any atom is 0.335 e. The zero-order valence-electron chi connectivity index (χ0n) is 10.4. The smallest absolute Gasteiger partial charge is 0.335 e. The predicted octanol–water partition coefficient (Wildman–Crippen LogP) is 1.92. The van der Waals surface area contributed by atoms with Crippen molar-refractivity contribution in [1.29, 1.82) is 0 Å².